The van der Waals surface area contributed by atoms with Gasteiger partial charge in [-0.1, -0.05) is 6.42 Å². The number of carbonyl (C=O) groups is 1. The van der Waals surface area contributed by atoms with Crippen LogP contribution in [0.4, 0.5) is 11.6 Å². The summed E-state index contributed by atoms with van der Waals surface area (Å²) < 4.78 is 5.14. The van der Waals surface area contributed by atoms with Crippen molar-refractivity contribution in [2.45, 2.75) is 32.1 Å². The van der Waals surface area contributed by atoms with E-state index in [0.29, 0.717) is 18.4 Å². The summed E-state index contributed by atoms with van der Waals surface area (Å²) in [7, 11) is 1.49. The molecule has 1 N–H and O–H groups in total. The van der Waals surface area contributed by atoms with E-state index in [1.165, 1.54) is 7.11 Å². The van der Waals surface area contributed by atoms with E-state index in [-0.39, 0.29) is 18.0 Å². The maximum atomic E-state index is 12.5. The number of piperidine rings is 1. The molecule has 3 aliphatic rings. The summed E-state index contributed by atoms with van der Waals surface area (Å²) in [6, 6.07) is 2.03. The second-order valence-electron chi connectivity index (χ2n) is 7.99. The van der Waals surface area contributed by atoms with Crippen molar-refractivity contribution in [2.75, 3.05) is 49.7 Å². The van der Waals surface area contributed by atoms with Gasteiger partial charge in [0.1, 0.15) is 18.0 Å². The van der Waals surface area contributed by atoms with Crippen LogP contribution in [0.2, 0.25) is 0 Å². The third kappa shape index (κ3) is 2.92. The Morgan fingerprint density at radius 1 is 1.27 bits per heavy atom. The Kier molecular flexibility index (Phi) is 4.73. The summed E-state index contributed by atoms with van der Waals surface area (Å²) in [6.07, 6.45) is 6.84. The average molecular weight is 360 g/mol. The standard InChI is InChI=1S/C19H28N4O3/c1-26-18(25)19-6-2-5-15(19)10-23(12-19)17-8-16(20-13-21-17)22-7-3-4-14(9-22)11-24/h8,13-15,24H,2-7,9-12H2,1H3. The Morgan fingerprint density at radius 2 is 2.08 bits per heavy atom. The molecule has 1 aromatic heterocycles. The number of hydrogen-bond donors (Lipinski definition) is 1. The molecule has 2 aliphatic heterocycles. The monoisotopic (exact) mass is 360 g/mol. The molecule has 4 rings (SSSR count). The predicted octanol–water partition coefficient (Wildman–Crippen LogP) is 1.46. The van der Waals surface area contributed by atoms with Crippen molar-refractivity contribution < 1.29 is 14.6 Å². The van der Waals surface area contributed by atoms with Gasteiger partial charge >= 0.3 is 5.97 Å². The minimum Gasteiger partial charge on any atom is -0.469 e. The molecule has 7 heteroatoms. The van der Waals surface area contributed by atoms with E-state index in [2.05, 4.69) is 19.8 Å². The minimum absolute atomic E-state index is 0.0707. The number of aliphatic hydroxyl groups excluding tert-OH is 1. The van der Waals surface area contributed by atoms with Gasteiger partial charge < -0.3 is 19.6 Å². The lowest BCUT2D eigenvalue weighted by Crippen LogP contribution is -2.38. The lowest BCUT2D eigenvalue weighted by molar-refractivity contribution is -0.152. The number of nitrogens with zero attached hydrogens (tertiary/aromatic N) is 4. The van der Waals surface area contributed by atoms with Crippen molar-refractivity contribution in [1.82, 2.24) is 9.97 Å². The number of esters is 1. The van der Waals surface area contributed by atoms with Crippen LogP contribution in [0.25, 0.3) is 0 Å². The molecular formula is C19H28N4O3. The van der Waals surface area contributed by atoms with Gasteiger partial charge in [0.25, 0.3) is 0 Å². The van der Waals surface area contributed by atoms with Gasteiger partial charge in [-0.05, 0) is 37.5 Å². The lowest BCUT2D eigenvalue weighted by Gasteiger charge is -2.33. The summed E-state index contributed by atoms with van der Waals surface area (Å²) in [5, 5.41) is 9.47. The number of anilines is 2. The van der Waals surface area contributed by atoms with Crippen LogP contribution in [0.15, 0.2) is 12.4 Å². The quantitative estimate of drug-likeness (QED) is 0.815. The second kappa shape index (κ2) is 7.02. The SMILES string of the molecule is COC(=O)C12CCCC1CN(c1cc(N3CCCC(CO)C3)ncn1)C2. The van der Waals surface area contributed by atoms with E-state index in [1.54, 1.807) is 6.33 Å². The van der Waals surface area contributed by atoms with E-state index >= 15 is 0 Å². The number of rotatable bonds is 4. The highest BCUT2D eigenvalue weighted by atomic mass is 16.5. The maximum absolute atomic E-state index is 12.5. The highest BCUT2D eigenvalue weighted by Crippen LogP contribution is 2.50. The van der Waals surface area contributed by atoms with Crippen LogP contribution in [0.5, 0.6) is 0 Å². The summed E-state index contributed by atoms with van der Waals surface area (Å²) in [4.78, 5) is 25.9. The summed E-state index contributed by atoms with van der Waals surface area (Å²) in [5.41, 5.74) is -0.368. The Labute approximate surface area is 154 Å². The number of hydrogen-bond acceptors (Lipinski definition) is 7. The highest BCUT2D eigenvalue weighted by molar-refractivity contribution is 5.79. The van der Waals surface area contributed by atoms with Crippen LogP contribution in [0.1, 0.15) is 32.1 Å². The normalized spacial score (nSPS) is 31.2. The fraction of sp³-hybridized carbons (Fsp3) is 0.737. The predicted molar refractivity (Wildman–Crippen MR) is 98.1 cm³/mol. The third-order valence-electron chi connectivity index (χ3n) is 6.53. The van der Waals surface area contributed by atoms with Crippen molar-refractivity contribution in [3.05, 3.63) is 12.4 Å². The largest absolute Gasteiger partial charge is 0.469 e. The van der Waals surface area contributed by atoms with Gasteiger partial charge in [0.15, 0.2) is 0 Å². The van der Waals surface area contributed by atoms with Crippen LogP contribution >= 0.6 is 0 Å². The molecule has 1 saturated carbocycles. The molecule has 0 spiro atoms. The van der Waals surface area contributed by atoms with Gasteiger partial charge in [-0.15, -0.1) is 0 Å². The minimum atomic E-state index is -0.368. The van der Waals surface area contributed by atoms with Crippen molar-refractivity contribution in [1.29, 1.82) is 0 Å². The second-order valence-corrected chi connectivity index (χ2v) is 7.99. The molecule has 2 saturated heterocycles. The number of ether oxygens (including phenoxy) is 1. The van der Waals surface area contributed by atoms with E-state index in [9.17, 15) is 9.90 Å². The topological polar surface area (TPSA) is 78.8 Å². The van der Waals surface area contributed by atoms with E-state index in [1.807, 2.05) is 6.07 Å². The molecule has 3 unspecified atom stereocenters. The molecule has 0 aromatic carbocycles. The van der Waals surface area contributed by atoms with Crippen molar-refractivity contribution in [3.63, 3.8) is 0 Å². The maximum Gasteiger partial charge on any atom is 0.313 e. The molecule has 1 aliphatic carbocycles. The lowest BCUT2D eigenvalue weighted by atomic mass is 9.81. The molecular weight excluding hydrogens is 332 g/mol. The van der Waals surface area contributed by atoms with E-state index < -0.39 is 0 Å². The zero-order valence-electron chi connectivity index (χ0n) is 15.4. The number of aromatic nitrogens is 2. The molecule has 0 radical (unpaired) electrons. The Bertz CT molecular complexity index is 670. The van der Waals surface area contributed by atoms with Crippen LogP contribution < -0.4 is 9.80 Å². The summed E-state index contributed by atoms with van der Waals surface area (Å²) in [5.74, 6) is 2.40. The molecule has 3 fully saturated rings. The van der Waals surface area contributed by atoms with Crippen molar-refractivity contribution >= 4 is 17.6 Å². The molecule has 26 heavy (non-hydrogen) atoms. The van der Waals surface area contributed by atoms with Crippen molar-refractivity contribution in [2.24, 2.45) is 17.3 Å². The fourth-order valence-corrected chi connectivity index (χ4v) is 5.11. The van der Waals surface area contributed by atoms with E-state index in [0.717, 1.165) is 63.4 Å². The molecule has 7 nitrogen and oxygen atoms in total. The zero-order valence-corrected chi connectivity index (χ0v) is 15.4. The molecule has 0 bridgehead atoms. The van der Waals surface area contributed by atoms with Gasteiger partial charge in [-0.25, -0.2) is 9.97 Å². The fourth-order valence-electron chi connectivity index (χ4n) is 5.11. The Balaban J connectivity index is 1.53. The average Bonchev–Trinajstić information content (AvgIpc) is 3.26. The van der Waals surface area contributed by atoms with Crippen LogP contribution in [-0.2, 0) is 9.53 Å². The Morgan fingerprint density at radius 3 is 2.85 bits per heavy atom. The third-order valence-corrected chi connectivity index (χ3v) is 6.53. The van der Waals surface area contributed by atoms with Gasteiger partial charge in [0, 0.05) is 38.9 Å². The summed E-state index contributed by atoms with van der Waals surface area (Å²) >= 11 is 0. The summed E-state index contributed by atoms with van der Waals surface area (Å²) in [6.45, 7) is 3.55. The zero-order chi connectivity index (χ0) is 18.1. The molecule has 1 aromatic rings. The number of aliphatic hydroxyl groups is 1. The Hall–Kier alpha value is -1.89. The van der Waals surface area contributed by atoms with Gasteiger partial charge in [0.2, 0.25) is 0 Å². The first-order valence-electron chi connectivity index (χ1n) is 9.67. The number of fused-ring (bicyclic) bond motifs is 1. The smallest absolute Gasteiger partial charge is 0.313 e. The molecule has 3 atom stereocenters. The van der Waals surface area contributed by atoms with Crippen LogP contribution in [-0.4, -0.2) is 60.9 Å². The molecule has 3 heterocycles. The first kappa shape index (κ1) is 17.5. The van der Waals surface area contributed by atoms with E-state index in [4.69, 9.17) is 4.74 Å². The number of methoxy groups -OCH3 is 1. The van der Waals surface area contributed by atoms with Crippen molar-refractivity contribution in [3.8, 4) is 0 Å². The molecule has 142 valence electrons. The van der Waals surface area contributed by atoms with Crippen LogP contribution in [0, 0.1) is 17.3 Å². The van der Waals surface area contributed by atoms with Gasteiger partial charge in [0.05, 0.1) is 12.5 Å². The number of carbonyl (C=O) groups excluding carboxylic acids is 1. The van der Waals surface area contributed by atoms with Crippen LogP contribution in [0.3, 0.4) is 0 Å². The van der Waals surface area contributed by atoms with Gasteiger partial charge in [-0.2, -0.15) is 0 Å². The first-order chi connectivity index (χ1) is 12.7. The van der Waals surface area contributed by atoms with Gasteiger partial charge in [-0.3, -0.25) is 4.79 Å². The molecule has 0 amide bonds. The highest BCUT2D eigenvalue weighted by Gasteiger charge is 2.55. The first-order valence-corrected chi connectivity index (χ1v) is 9.67.